The highest BCUT2D eigenvalue weighted by atomic mass is 16.5. The van der Waals surface area contributed by atoms with Crippen LogP contribution in [0.15, 0.2) is 0 Å². The van der Waals surface area contributed by atoms with E-state index >= 15 is 0 Å². The average Bonchev–Trinajstić information content (AvgIpc) is 2.15. The molecule has 3 nitrogen and oxygen atoms in total. The Labute approximate surface area is 107 Å². The summed E-state index contributed by atoms with van der Waals surface area (Å²) in [5.41, 5.74) is 0.324. The summed E-state index contributed by atoms with van der Waals surface area (Å²) in [4.78, 5) is 2.59. The molecule has 2 atom stereocenters. The Morgan fingerprint density at radius 1 is 1.35 bits per heavy atom. The lowest BCUT2D eigenvalue weighted by molar-refractivity contribution is 0.0112. The third-order valence-corrected chi connectivity index (χ3v) is 3.44. The Morgan fingerprint density at radius 3 is 2.53 bits per heavy atom. The van der Waals surface area contributed by atoms with Crippen molar-refractivity contribution in [2.45, 2.75) is 59.7 Å². The van der Waals surface area contributed by atoms with Gasteiger partial charge in [-0.25, -0.2) is 0 Å². The molecule has 0 radical (unpaired) electrons. The van der Waals surface area contributed by atoms with Crippen molar-refractivity contribution in [3.63, 3.8) is 0 Å². The van der Waals surface area contributed by atoms with Crippen molar-refractivity contribution >= 4 is 0 Å². The molecule has 1 aliphatic heterocycles. The van der Waals surface area contributed by atoms with Crippen molar-refractivity contribution in [3.05, 3.63) is 0 Å². The number of hydrogen-bond acceptors (Lipinski definition) is 3. The molecule has 1 rings (SSSR count). The first kappa shape index (κ1) is 14.9. The lowest BCUT2D eigenvalue weighted by Gasteiger charge is -2.45. The summed E-state index contributed by atoms with van der Waals surface area (Å²) in [6.45, 7) is 17.5. The molecule has 1 N–H and O–H groups in total. The van der Waals surface area contributed by atoms with Crippen LogP contribution in [0.3, 0.4) is 0 Å². The maximum atomic E-state index is 5.68. The molecule has 0 aromatic heterocycles. The van der Waals surface area contributed by atoms with E-state index in [-0.39, 0.29) is 0 Å². The van der Waals surface area contributed by atoms with E-state index in [0.717, 1.165) is 26.2 Å². The molecule has 3 heteroatoms. The molecule has 1 heterocycles. The number of ether oxygens (including phenoxy) is 1. The third kappa shape index (κ3) is 4.94. The van der Waals surface area contributed by atoms with E-state index in [4.69, 9.17) is 4.74 Å². The third-order valence-electron chi connectivity index (χ3n) is 3.44. The van der Waals surface area contributed by atoms with Gasteiger partial charge in [-0.3, -0.25) is 4.90 Å². The standard InChI is InChI=1S/C14H30N2O/c1-11(2)17-8-7-16-10-12(3)15-9-13(16)14(4,5)6/h11-13,15H,7-10H2,1-6H3. The predicted octanol–water partition coefficient (Wildman–Crippen LogP) is 2.12. The number of hydrogen-bond donors (Lipinski definition) is 1. The van der Waals surface area contributed by atoms with Crippen LogP contribution in [0.1, 0.15) is 41.5 Å². The maximum Gasteiger partial charge on any atom is 0.0597 e. The van der Waals surface area contributed by atoms with Gasteiger partial charge >= 0.3 is 0 Å². The molecule has 0 aliphatic carbocycles. The van der Waals surface area contributed by atoms with Crippen LogP contribution in [0.2, 0.25) is 0 Å². The highest BCUT2D eigenvalue weighted by molar-refractivity contribution is 4.91. The molecule has 102 valence electrons. The molecule has 0 amide bonds. The molecule has 2 unspecified atom stereocenters. The molecule has 17 heavy (non-hydrogen) atoms. The van der Waals surface area contributed by atoms with Crippen LogP contribution in [-0.2, 0) is 4.74 Å². The maximum absolute atomic E-state index is 5.68. The van der Waals surface area contributed by atoms with Crippen molar-refractivity contribution in [1.29, 1.82) is 0 Å². The van der Waals surface area contributed by atoms with E-state index in [1.807, 2.05) is 0 Å². The fraction of sp³-hybridized carbons (Fsp3) is 1.00. The molecule has 0 aromatic carbocycles. The summed E-state index contributed by atoms with van der Waals surface area (Å²) in [6, 6.07) is 1.20. The van der Waals surface area contributed by atoms with E-state index < -0.39 is 0 Å². The van der Waals surface area contributed by atoms with Gasteiger partial charge in [0.2, 0.25) is 0 Å². The summed E-state index contributed by atoms with van der Waals surface area (Å²) in [5, 5.41) is 3.59. The predicted molar refractivity (Wildman–Crippen MR) is 73.4 cm³/mol. The van der Waals surface area contributed by atoms with E-state index in [1.54, 1.807) is 0 Å². The van der Waals surface area contributed by atoms with Gasteiger partial charge < -0.3 is 10.1 Å². The van der Waals surface area contributed by atoms with Crippen LogP contribution in [0.4, 0.5) is 0 Å². The quantitative estimate of drug-likeness (QED) is 0.817. The monoisotopic (exact) mass is 242 g/mol. The van der Waals surface area contributed by atoms with Gasteiger partial charge in [-0.15, -0.1) is 0 Å². The second-order valence-electron chi connectivity index (χ2n) is 6.61. The number of nitrogens with one attached hydrogen (secondary N) is 1. The van der Waals surface area contributed by atoms with Crippen LogP contribution in [0.25, 0.3) is 0 Å². The Balaban J connectivity index is 2.50. The van der Waals surface area contributed by atoms with Gasteiger partial charge in [0.15, 0.2) is 0 Å². The minimum absolute atomic E-state index is 0.324. The average molecular weight is 242 g/mol. The molecule has 0 aromatic rings. The van der Waals surface area contributed by atoms with E-state index in [9.17, 15) is 0 Å². The van der Waals surface area contributed by atoms with Gasteiger partial charge in [-0.2, -0.15) is 0 Å². The molecular weight excluding hydrogens is 212 g/mol. The van der Waals surface area contributed by atoms with Crippen molar-refractivity contribution in [2.24, 2.45) is 5.41 Å². The fourth-order valence-corrected chi connectivity index (χ4v) is 2.49. The molecule has 0 bridgehead atoms. The lowest BCUT2D eigenvalue weighted by Crippen LogP contribution is -2.60. The van der Waals surface area contributed by atoms with Crippen molar-refractivity contribution < 1.29 is 4.74 Å². The highest BCUT2D eigenvalue weighted by Crippen LogP contribution is 2.26. The Hall–Kier alpha value is -0.120. The second kappa shape index (κ2) is 6.17. The Morgan fingerprint density at radius 2 is 2.00 bits per heavy atom. The van der Waals surface area contributed by atoms with Crippen LogP contribution in [-0.4, -0.2) is 49.3 Å². The van der Waals surface area contributed by atoms with Crippen LogP contribution in [0, 0.1) is 5.41 Å². The minimum atomic E-state index is 0.324. The summed E-state index contributed by atoms with van der Waals surface area (Å²) in [7, 11) is 0. The highest BCUT2D eigenvalue weighted by Gasteiger charge is 2.33. The van der Waals surface area contributed by atoms with Crippen LogP contribution in [0.5, 0.6) is 0 Å². The fourth-order valence-electron chi connectivity index (χ4n) is 2.49. The normalized spacial score (nSPS) is 27.7. The zero-order chi connectivity index (χ0) is 13.1. The summed E-state index contributed by atoms with van der Waals surface area (Å²) in [6.07, 6.45) is 0.337. The summed E-state index contributed by atoms with van der Waals surface area (Å²) < 4.78 is 5.68. The molecular formula is C14H30N2O. The smallest absolute Gasteiger partial charge is 0.0597 e. The SMILES string of the molecule is CC1CN(CCOC(C)C)C(C(C)(C)C)CN1. The number of rotatable bonds is 4. The van der Waals surface area contributed by atoms with E-state index in [1.165, 1.54) is 0 Å². The van der Waals surface area contributed by atoms with Gasteiger partial charge in [-0.05, 0) is 26.2 Å². The van der Waals surface area contributed by atoms with Gasteiger partial charge in [0, 0.05) is 31.7 Å². The lowest BCUT2D eigenvalue weighted by atomic mass is 9.84. The van der Waals surface area contributed by atoms with E-state index in [2.05, 4.69) is 51.8 Å². The first-order chi connectivity index (χ1) is 7.80. The van der Waals surface area contributed by atoms with Crippen molar-refractivity contribution in [1.82, 2.24) is 10.2 Å². The molecule has 1 fully saturated rings. The Kier molecular flexibility index (Phi) is 5.42. The molecule has 1 saturated heterocycles. The topological polar surface area (TPSA) is 24.5 Å². The molecule has 1 aliphatic rings. The van der Waals surface area contributed by atoms with Crippen molar-refractivity contribution in [3.8, 4) is 0 Å². The first-order valence-electron chi connectivity index (χ1n) is 6.89. The number of piperazine rings is 1. The van der Waals surface area contributed by atoms with Gasteiger partial charge in [-0.1, -0.05) is 20.8 Å². The zero-order valence-corrected chi connectivity index (χ0v) is 12.4. The van der Waals surface area contributed by atoms with Crippen LogP contribution < -0.4 is 5.32 Å². The van der Waals surface area contributed by atoms with Crippen molar-refractivity contribution in [2.75, 3.05) is 26.2 Å². The van der Waals surface area contributed by atoms with Gasteiger partial charge in [0.1, 0.15) is 0 Å². The van der Waals surface area contributed by atoms with Crippen LogP contribution >= 0.6 is 0 Å². The second-order valence-corrected chi connectivity index (χ2v) is 6.61. The van der Waals surface area contributed by atoms with E-state index in [0.29, 0.717) is 23.6 Å². The molecule has 0 spiro atoms. The number of nitrogens with zero attached hydrogens (tertiary/aromatic N) is 1. The Bertz CT molecular complexity index is 223. The summed E-state index contributed by atoms with van der Waals surface area (Å²) in [5.74, 6) is 0. The van der Waals surface area contributed by atoms with Gasteiger partial charge in [0.05, 0.1) is 12.7 Å². The van der Waals surface area contributed by atoms with Gasteiger partial charge in [0.25, 0.3) is 0 Å². The summed E-state index contributed by atoms with van der Waals surface area (Å²) >= 11 is 0. The molecule has 0 saturated carbocycles. The minimum Gasteiger partial charge on any atom is -0.377 e. The zero-order valence-electron chi connectivity index (χ0n) is 12.4. The first-order valence-corrected chi connectivity index (χ1v) is 6.89. The largest absolute Gasteiger partial charge is 0.377 e.